The van der Waals surface area contributed by atoms with Gasteiger partial charge in [0.15, 0.2) is 0 Å². The lowest BCUT2D eigenvalue weighted by molar-refractivity contribution is -0.150. The van der Waals surface area contributed by atoms with Crippen LogP contribution in [0.4, 0.5) is 0 Å². The summed E-state index contributed by atoms with van der Waals surface area (Å²) in [5.74, 6) is -0.665. The Hall–Kier alpha value is -4.53. The smallest absolute Gasteiger partial charge is 0.326 e. The van der Waals surface area contributed by atoms with Crippen LogP contribution in [0.1, 0.15) is 37.3 Å². The molecule has 9 nitrogen and oxygen atoms in total. The number of aromatic nitrogens is 4. The minimum atomic E-state index is -1.07. The number of unbranched alkanes of at least 4 members (excludes halogenated alkanes) is 1. The molecular formula is C28H29N5O4. The molecule has 37 heavy (non-hydrogen) atoms. The van der Waals surface area contributed by atoms with Crippen molar-refractivity contribution in [3.63, 3.8) is 0 Å². The molecule has 0 radical (unpaired) electrons. The second kappa shape index (κ2) is 11.9. The molecule has 1 heterocycles. The van der Waals surface area contributed by atoms with E-state index in [1.807, 2.05) is 55.5 Å². The summed E-state index contributed by atoms with van der Waals surface area (Å²) >= 11 is 0. The fourth-order valence-corrected chi connectivity index (χ4v) is 4.22. The zero-order valence-electron chi connectivity index (χ0n) is 20.5. The molecule has 3 aromatic carbocycles. The molecular weight excluding hydrogens is 470 g/mol. The number of carbonyl (C=O) groups excluding carboxylic acids is 1. The van der Waals surface area contributed by atoms with E-state index in [-0.39, 0.29) is 31.0 Å². The zero-order chi connectivity index (χ0) is 26.2. The maximum atomic E-state index is 13.2. The molecule has 3 N–H and O–H groups in total. The minimum Gasteiger partial charge on any atom is -0.508 e. The summed E-state index contributed by atoms with van der Waals surface area (Å²) in [6, 6.07) is 20.8. The largest absolute Gasteiger partial charge is 0.508 e. The van der Waals surface area contributed by atoms with Crippen LogP contribution in [0.3, 0.4) is 0 Å². The van der Waals surface area contributed by atoms with Gasteiger partial charge in [0.05, 0.1) is 0 Å². The number of aromatic amines is 1. The van der Waals surface area contributed by atoms with Gasteiger partial charge in [0.25, 0.3) is 0 Å². The average molecular weight is 500 g/mol. The summed E-state index contributed by atoms with van der Waals surface area (Å²) in [5.41, 5.74) is 4.25. The normalized spacial score (nSPS) is 11.7. The standard InChI is InChI=1S/C28H29N5O4/c1-2-3-8-26(35)33(25(28(36)37)17-19-11-15-22(34)16-12-19)18-20-9-13-21(14-10-20)23-6-4-5-7-24(23)27-29-31-32-30-27/h4-7,9-16,25,34H,2-3,8,17-18H2,1H3,(H,36,37)(H,29,30,31,32). The first-order chi connectivity index (χ1) is 18.0. The van der Waals surface area contributed by atoms with E-state index in [4.69, 9.17) is 0 Å². The number of aromatic hydroxyl groups is 1. The zero-order valence-corrected chi connectivity index (χ0v) is 20.5. The van der Waals surface area contributed by atoms with E-state index < -0.39 is 12.0 Å². The van der Waals surface area contributed by atoms with Gasteiger partial charge in [-0.1, -0.05) is 74.0 Å². The summed E-state index contributed by atoms with van der Waals surface area (Å²) in [5, 5.41) is 33.9. The van der Waals surface area contributed by atoms with E-state index in [2.05, 4.69) is 20.6 Å². The van der Waals surface area contributed by atoms with Crippen LogP contribution in [0.2, 0.25) is 0 Å². The number of amides is 1. The fraction of sp³-hybridized carbons (Fsp3) is 0.250. The highest BCUT2D eigenvalue weighted by atomic mass is 16.4. The van der Waals surface area contributed by atoms with Crippen molar-refractivity contribution in [2.24, 2.45) is 0 Å². The number of rotatable bonds is 11. The van der Waals surface area contributed by atoms with Crippen LogP contribution >= 0.6 is 0 Å². The van der Waals surface area contributed by atoms with Crippen LogP contribution in [0.5, 0.6) is 5.75 Å². The number of phenolic OH excluding ortho intramolecular Hbond substituents is 1. The fourth-order valence-electron chi connectivity index (χ4n) is 4.22. The quantitative estimate of drug-likeness (QED) is 0.278. The van der Waals surface area contributed by atoms with Gasteiger partial charge in [0.2, 0.25) is 11.7 Å². The van der Waals surface area contributed by atoms with Crippen molar-refractivity contribution < 1.29 is 19.8 Å². The Labute approximate surface area is 214 Å². The van der Waals surface area contributed by atoms with Crippen LogP contribution in [0, 0.1) is 0 Å². The van der Waals surface area contributed by atoms with E-state index in [0.717, 1.165) is 34.2 Å². The Bertz CT molecular complexity index is 1320. The van der Waals surface area contributed by atoms with Crippen molar-refractivity contribution in [1.29, 1.82) is 0 Å². The molecule has 4 aromatic rings. The van der Waals surface area contributed by atoms with Crippen LogP contribution in [0.25, 0.3) is 22.5 Å². The number of carboxylic acid groups (broad SMARTS) is 1. The second-order valence-corrected chi connectivity index (χ2v) is 8.83. The van der Waals surface area contributed by atoms with Gasteiger partial charge < -0.3 is 15.1 Å². The lowest BCUT2D eigenvalue weighted by Gasteiger charge is -2.29. The molecule has 9 heteroatoms. The number of benzene rings is 3. The second-order valence-electron chi connectivity index (χ2n) is 8.83. The predicted octanol–water partition coefficient (Wildman–Crippen LogP) is 4.45. The summed E-state index contributed by atoms with van der Waals surface area (Å²) in [6.45, 7) is 2.16. The van der Waals surface area contributed by atoms with Crippen molar-refractivity contribution in [2.75, 3.05) is 0 Å². The number of hydrogen-bond acceptors (Lipinski definition) is 6. The SMILES string of the molecule is CCCCC(=O)N(Cc1ccc(-c2ccccc2-c2nn[nH]n2)cc1)C(Cc1ccc(O)cc1)C(=O)O. The number of carbonyl (C=O) groups is 2. The van der Waals surface area contributed by atoms with E-state index >= 15 is 0 Å². The molecule has 4 rings (SSSR count). The van der Waals surface area contributed by atoms with Crippen LogP contribution in [-0.4, -0.2) is 53.7 Å². The number of H-pyrrole nitrogens is 1. The Morgan fingerprint density at radius 2 is 1.62 bits per heavy atom. The summed E-state index contributed by atoms with van der Waals surface area (Å²) in [4.78, 5) is 26.9. The molecule has 0 bridgehead atoms. The van der Waals surface area contributed by atoms with Gasteiger partial charge in [-0.05, 0) is 46.0 Å². The number of nitrogens with zero attached hydrogens (tertiary/aromatic N) is 4. The average Bonchev–Trinajstić information content (AvgIpc) is 3.45. The van der Waals surface area contributed by atoms with Crippen LogP contribution in [0.15, 0.2) is 72.8 Å². The van der Waals surface area contributed by atoms with Gasteiger partial charge in [-0.3, -0.25) is 4.79 Å². The van der Waals surface area contributed by atoms with E-state index in [0.29, 0.717) is 12.2 Å². The van der Waals surface area contributed by atoms with Crippen molar-refractivity contribution in [2.45, 2.75) is 45.2 Å². The highest BCUT2D eigenvalue weighted by Crippen LogP contribution is 2.30. The lowest BCUT2D eigenvalue weighted by atomic mass is 9.98. The van der Waals surface area contributed by atoms with Crippen molar-refractivity contribution in [1.82, 2.24) is 25.5 Å². The Balaban J connectivity index is 1.60. The molecule has 1 amide bonds. The Kier molecular flexibility index (Phi) is 8.25. The van der Waals surface area contributed by atoms with Crippen molar-refractivity contribution in [3.8, 4) is 28.3 Å². The number of aliphatic carboxylic acids is 1. The van der Waals surface area contributed by atoms with Crippen molar-refractivity contribution in [3.05, 3.63) is 83.9 Å². The molecule has 0 spiro atoms. The van der Waals surface area contributed by atoms with Gasteiger partial charge in [-0.2, -0.15) is 5.21 Å². The Morgan fingerprint density at radius 3 is 2.24 bits per heavy atom. The lowest BCUT2D eigenvalue weighted by Crippen LogP contribution is -2.46. The summed E-state index contributed by atoms with van der Waals surface area (Å²) in [7, 11) is 0. The first-order valence-electron chi connectivity index (χ1n) is 12.2. The number of hydrogen-bond donors (Lipinski definition) is 3. The van der Waals surface area contributed by atoms with Crippen LogP contribution in [-0.2, 0) is 22.6 Å². The minimum absolute atomic E-state index is 0.104. The van der Waals surface area contributed by atoms with E-state index in [9.17, 15) is 19.8 Å². The molecule has 0 fully saturated rings. The third-order valence-electron chi connectivity index (χ3n) is 6.22. The first kappa shape index (κ1) is 25.6. The van der Waals surface area contributed by atoms with Crippen molar-refractivity contribution >= 4 is 11.9 Å². The molecule has 0 saturated heterocycles. The van der Waals surface area contributed by atoms with Gasteiger partial charge in [0.1, 0.15) is 11.8 Å². The first-order valence-corrected chi connectivity index (χ1v) is 12.2. The topological polar surface area (TPSA) is 132 Å². The highest BCUT2D eigenvalue weighted by molar-refractivity contribution is 5.84. The molecule has 0 aliphatic carbocycles. The summed E-state index contributed by atoms with van der Waals surface area (Å²) < 4.78 is 0. The maximum absolute atomic E-state index is 13.2. The predicted molar refractivity (Wildman–Crippen MR) is 138 cm³/mol. The number of phenols is 1. The number of carboxylic acids is 1. The van der Waals surface area contributed by atoms with E-state index in [1.165, 1.54) is 17.0 Å². The van der Waals surface area contributed by atoms with Gasteiger partial charge >= 0.3 is 5.97 Å². The van der Waals surface area contributed by atoms with Gasteiger partial charge in [-0.25, -0.2) is 4.79 Å². The molecule has 0 aliphatic heterocycles. The molecule has 1 aromatic heterocycles. The van der Waals surface area contributed by atoms with Crippen LogP contribution < -0.4 is 0 Å². The highest BCUT2D eigenvalue weighted by Gasteiger charge is 2.29. The Morgan fingerprint density at radius 1 is 0.946 bits per heavy atom. The maximum Gasteiger partial charge on any atom is 0.326 e. The number of nitrogens with one attached hydrogen (secondary N) is 1. The number of tetrazole rings is 1. The molecule has 190 valence electrons. The molecule has 0 aliphatic rings. The van der Waals surface area contributed by atoms with Gasteiger partial charge in [0, 0.05) is 24.9 Å². The summed E-state index contributed by atoms with van der Waals surface area (Å²) in [6.07, 6.45) is 1.95. The third-order valence-corrected chi connectivity index (χ3v) is 6.22. The third kappa shape index (κ3) is 6.38. The monoisotopic (exact) mass is 499 g/mol. The molecule has 1 atom stereocenters. The molecule has 0 saturated carbocycles. The van der Waals surface area contributed by atoms with E-state index in [1.54, 1.807) is 12.1 Å². The van der Waals surface area contributed by atoms with Gasteiger partial charge in [-0.15, -0.1) is 10.2 Å². The molecule has 1 unspecified atom stereocenters.